The van der Waals surface area contributed by atoms with Crippen LogP contribution in [0.4, 0.5) is 0 Å². The molecule has 25 heavy (non-hydrogen) atoms. The van der Waals surface area contributed by atoms with Crippen molar-refractivity contribution in [2.45, 2.75) is 32.9 Å². The highest BCUT2D eigenvalue weighted by Gasteiger charge is 2.17. The highest BCUT2D eigenvalue weighted by atomic mass is 16.5. The quantitative estimate of drug-likeness (QED) is 0.795. The second kappa shape index (κ2) is 8.87. The summed E-state index contributed by atoms with van der Waals surface area (Å²) < 4.78 is 5.23. The molecule has 0 heterocycles. The molecule has 0 saturated heterocycles. The fourth-order valence-electron chi connectivity index (χ4n) is 2.49. The number of nitrogens with one attached hydrogen (secondary N) is 2. The minimum Gasteiger partial charge on any atom is -0.496 e. The SMILES string of the molecule is CCc1ccc(C(C)NC(=O)C(=O)NCc2ccccc2OC)cc1. The third-order valence-electron chi connectivity index (χ3n) is 4.07. The van der Waals surface area contributed by atoms with E-state index in [9.17, 15) is 9.59 Å². The van der Waals surface area contributed by atoms with E-state index in [0.29, 0.717) is 5.75 Å². The molecule has 132 valence electrons. The van der Waals surface area contributed by atoms with E-state index >= 15 is 0 Å². The van der Waals surface area contributed by atoms with E-state index in [1.807, 2.05) is 55.5 Å². The number of benzene rings is 2. The van der Waals surface area contributed by atoms with Crippen molar-refractivity contribution < 1.29 is 14.3 Å². The van der Waals surface area contributed by atoms with E-state index in [4.69, 9.17) is 4.74 Å². The van der Waals surface area contributed by atoms with Crippen LogP contribution in [0, 0.1) is 0 Å². The van der Waals surface area contributed by atoms with Gasteiger partial charge in [-0.1, -0.05) is 49.4 Å². The molecule has 2 amide bonds. The van der Waals surface area contributed by atoms with Crippen LogP contribution in [-0.2, 0) is 22.6 Å². The first-order chi connectivity index (χ1) is 12.0. The van der Waals surface area contributed by atoms with Crippen molar-refractivity contribution >= 4 is 11.8 Å². The Hall–Kier alpha value is -2.82. The first-order valence-corrected chi connectivity index (χ1v) is 8.34. The van der Waals surface area contributed by atoms with Crippen molar-refractivity contribution in [3.05, 3.63) is 65.2 Å². The lowest BCUT2D eigenvalue weighted by molar-refractivity contribution is -0.139. The average Bonchev–Trinajstić information content (AvgIpc) is 2.66. The highest BCUT2D eigenvalue weighted by Crippen LogP contribution is 2.17. The Labute approximate surface area is 148 Å². The topological polar surface area (TPSA) is 67.4 Å². The van der Waals surface area contributed by atoms with Crippen LogP contribution >= 0.6 is 0 Å². The Balaban J connectivity index is 1.89. The zero-order valence-corrected chi connectivity index (χ0v) is 14.8. The maximum Gasteiger partial charge on any atom is 0.309 e. The molecule has 5 nitrogen and oxygen atoms in total. The van der Waals surface area contributed by atoms with Crippen LogP contribution in [0.3, 0.4) is 0 Å². The predicted octanol–water partition coefficient (Wildman–Crippen LogP) is 2.75. The molecule has 0 spiro atoms. The first-order valence-electron chi connectivity index (χ1n) is 8.34. The van der Waals surface area contributed by atoms with Gasteiger partial charge in [0.15, 0.2) is 0 Å². The van der Waals surface area contributed by atoms with E-state index < -0.39 is 11.8 Å². The average molecular weight is 340 g/mol. The summed E-state index contributed by atoms with van der Waals surface area (Å²) in [6, 6.07) is 15.1. The van der Waals surface area contributed by atoms with Gasteiger partial charge in [-0.15, -0.1) is 0 Å². The zero-order valence-electron chi connectivity index (χ0n) is 14.8. The molecule has 0 aliphatic heterocycles. The second-order valence-electron chi connectivity index (χ2n) is 5.78. The Morgan fingerprint density at radius 3 is 2.36 bits per heavy atom. The van der Waals surface area contributed by atoms with Gasteiger partial charge in [-0.25, -0.2) is 0 Å². The lowest BCUT2D eigenvalue weighted by Crippen LogP contribution is -2.40. The summed E-state index contributed by atoms with van der Waals surface area (Å²) in [5.41, 5.74) is 3.01. The molecule has 2 rings (SSSR count). The fraction of sp³-hybridized carbons (Fsp3) is 0.300. The normalized spacial score (nSPS) is 11.5. The predicted molar refractivity (Wildman–Crippen MR) is 97.2 cm³/mol. The second-order valence-corrected chi connectivity index (χ2v) is 5.78. The summed E-state index contributed by atoms with van der Waals surface area (Å²) in [5, 5.41) is 5.33. The maximum atomic E-state index is 12.1. The summed E-state index contributed by atoms with van der Waals surface area (Å²) in [6.07, 6.45) is 0.965. The number of carbonyl (C=O) groups is 2. The third kappa shape index (κ3) is 5.08. The molecule has 5 heteroatoms. The molecule has 0 aliphatic rings. The highest BCUT2D eigenvalue weighted by molar-refractivity contribution is 6.35. The number of aryl methyl sites for hydroxylation is 1. The van der Waals surface area contributed by atoms with Gasteiger partial charge in [-0.3, -0.25) is 9.59 Å². The van der Waals surface area contributed by atoms with Gasteiger partial charge in [0.25, 0.3) is 0 Å². The first kappa shape index (κ1) is 18.5. The molecule has 0 aliphatic carbocycles. The van der Waals surface area contributed by atoms with Crippen molar-refractivity contribution in [2.24, 2.45) is 0 Å². The zero-order chi connectivity index (χ0) is 18.2. The van der Waals surface area contributed by atoms with Crippen LogP contribution in [0.25, 0.3) is 0 Å². The van der Waals surface area contributed by atoms with Crippen molar-refractivity contribution in [3.63, 3.8) is 0 Å². The number of hydrogen-bond donors (Lipinski definition) is 2. The summed E-state index contributed by atoms with van der Waals surface area (Å²) in [5.74, 6) is -0.641. The lowest BCUT2D eigenvalue weighted by atomic mass is 10.1. The molecular weight excluding hydrogens is 316 g/mol. The summed E-state index contributed by atoms with van der Waals surface area (Å²) in [7, 11) is 1.57. The van der Waals surface area contributed by atoms with Gasteiger partial charge in [0.05, 0.1) is 13.2 Å². The molecule has 0 bridgehead atoms. The number of methoxy groups -OCH3 is 1. The molecular formula is C20H24N2O3. The van der Waals surface area contributed by atoms with E-state index in [1.54, 1.807) is 7.11 Å². The van der Waals surface area contributed by atoms with Crippen LogP contribution in [0.1, 0.15) is 36.6 Å². The maximum absolute atomic E-state index is 12.1. The van der Waals surface area contributed by atoms with Crippen molar-refractivity contribution in [1.29, 1.82) is 0 Å². The van der Waals surface area contributed by atoms with Gasteiger partial charge >= 0.3 is 11.8 Å². The Morgan fingerprint density at radius 2 is 1.72 bits per heavy atom. The van der Waals surface area contributed by atoms with Crippen LogP contribution in [0.5, 0.6) is 5.75 Å². The van der Waals surface area contributed by atoms with Crippen LogP contribution in [0.2, 0.25) is 0 Å². The van der Waals surface area contributed by atoms with E-state index in [-0.39, 0.29) is 12.6 Å². The van der Waals surface area contributed by atoms with Crippen LogP contribution in [-0.4, -0.2) is 18.9 Å². The third-order valence-corrected chi connectivity index (χ3v) is 4.07. The monoisotopic (exact) mass is 340 g/mol. The minimum atomic E-state index is -0.664. The molecule has 0 fully saturated rings. The van der Waals surface area contributed by atoms with Gasteiger partial charge in [0.2, 0.25) is 0 Å². The molecule has 0 aromatic heterocycles. The molecule has 2 N–H and O–H groups in total. The molecule has 1 atom stereocenters. The standard InChI is InChI=1S/C20H24N2O3/c1-4-15-9-11-16(12-10-15)14(2)22-20(24)19(23)21-13-17-7-5-6-8-18(17)25-3/h5-12,14H,4,13H2,1-3H3,(H,21,23)(H,22,24). The molecule has 0 radical (unpaired) electrons. The number of carbonyl (C=O) groups excluding carboxylic acids is 2. The van der Waals surface area contributed by atoms with Gasteiger partial charge in [-0.05, 0) is 30.5 Å². The molecule has 2 aromatic rings. The van der Waals surface area contributed by atoms with Gasteiger partial charge < -0.3 is 15.4 Å². The molecule has 0 saturated carbocycles. The van der Waals surface area contributed by atoms with Gasteiger partial charge in [0, 0.05) is 12.1 Å². The fourth-order valence-corrected chi connectivity index (χ4v) is 2.49. The summed E-state index contributed by atoms with van der Waals surface area (Å²) in [6.45, 7) is 4.18. The number of hydrogen-bond acceptors (Lipinski definition) is 3. The largest absolute Gasteiger partial charge is 0.496 e. The van der Waals surface area contributed by atoms with E-state index in [2.05, 4.69) is 17.6 Å². The van der Waals surface area contributed by atoms with E-state index in [0.717, 1.165) is 17.5 Å². The van der Waals surface area contributed by atoms with Crippen molar-refractivity contribution in [2.75, 3.05) is 7.11 Å². The summed E-state index contributed by atoms with van der Waals surface area (Å²) >= 11 is 0. The number of rotatable bonds is 6. The number of para-hydroxylation sites is 1. The Bertz CT molecular complexity index is 726. The molecule has 2 aromatic carbocycles. The number of amides is 2. The van der Waals surface area contributed by atoms with Crippen LogP contribution < -0.4 is 15.4 Å². The van der Waals surface area contributed by atoms with Crippen LogP contribution in [0.15, 0.2) is 48.5 Å². The lowest BCUT2D eigenvalue weighted by Gasteiger charge is -2.15. The van der Waals surface area contributed by atoms with Gasteiger partial charge in [-0.2, -0.15) is 0 Å². The molecule has 1 unspecified atom stereocenters. The summed E-state index contributed by atoms with van der Waals surface area (Å²) in [4.78, 5) is 24.1. The Kier molecular flexibility index (Phi) is 6.57. The number of ether oxygens (including phenoxy) is 1. The van der Waals surface area contributed by atoms with Crippen molar-refractivity contribution in [3.8, 4) is 5.75 Å². The van der Waals surface area contributed by atoms with Crippen molar-refractivity contribution in [1.82, 2.24) is 10.6 Å². The minimum absolute atomic E-state index is 0.232. The Morgan fingerprint density at radius 1 is 1.04 bits per heavy atom. The van der Waals surface area contributed by atoms with Gasteiger partial charge in [0.1, 0.15) is 5.75 Å². The smallest absolute Gasteiger partial charge is 0.309 e. The van der Waals surface area contributed by atoms with E-state index in [1.165, 1.54) is 5.56 Å².